The van der Waals surface area contributed by atoms with Crippen molar-refractivity contribution < 1.29 is 13.3 Å². The van der Waals surface area contributed by atoms with E-state index in [4.69, 9.17) is 5.73 Å². The van der Waals surface area contributed by atoms with Gasteiger partial charge in [-0.3, -0.25) is 10.1 Å². The van der Waals surface area contributed by atoms with Crippen molar-refractivity contribution in [2.45, 2.75) is 4.90 Å². The molecule has 1 aliphatic heterocycles. The van der Waals surface area contributed by atoms with E-state index in [9.17, 15) is 18.5 Å². The number of anilines is 1. The van der Waals surface area contributed by atoms with Crippen LogP contribution in [0.4, 0.5) is 11.4 Å². The molecule has 9 heteroatoms. The second-order valence-corrected chi connectivity index (χ2v) is 7.13. The highest BCUT2D eigenvalue weighted by Gasteiger charge is 2.32. The maximum Gasteiger partial charge on any atom is 0.289 e. The number of nitrogen functional groups attached to an aromatic ring is 1. The maximum atomic E-state index is 12.4. The molecule has 2 rings (SSSR count). The number of benzene rings is 1. The zero-order chi connectivity index (χ0) is 14.0. The number of nitro benzene ring substituents is 1. The lowest BCUT2D eigenvalue weighted by molar-refractivity contribution is -0.387. The molecule has 0 unspecified atom stereocenters. The molecule has 7 nitrogen and oxygen atoms in total. The Labute approximate surface area is 115 Å². The monoisotopic (exact) mass is 303 g/mol. The van der Waals surface area contributed by atoms with Crippen molar-refractivity contribution in [3.63, 3.8) is 0 Å². The molecule has 19 heavy (non-hydrogen) atoms. The molecule has 2 N–H and O–H groups in total. The Hall–Kier alpha value is -1.32. The number of nitro groups is 1. The molecule has 0 aliphatic carbocycles. The van der Waals surface area contributed by atoms with Gasteiger partial charge in [-0.15, -0.1) is 0 Å². The number of nitrogens with zero attached hydrogens (tertiary/aromatic N) is 2. The lowest BCUT2D eigenvalue weighted by atomic mass is 10.3. The summed E-state index contributed by atoms with van der Waals surface area (Å²) in [6.07, 6.45) is 0. The molecule has 1 saturated heterocycles. The quantitative estimate of drug-likeness (QED) is 0.505. The van der Waals surface area contributed by atoms with Gasteiger partial charge < -0.3 is 5.73 Å². The number of hydrogen-bond donors (Lipinski definition) is 1. The summed E-state index contributed by atoms with van der Waals surface area (Å²) in [5.41, 5.74) is 5.30. The summed E-state index contributed by atoms with van der Waals surface area (Å²) in [5, 5.41) is 10.9. The van der Waals surface area contributed by atoms with Crippen molar-refractivity contribution in [2.75, 3.05) is 30.3 Å². The summed E-state index contributed by atoms with van der Waals surface area (Å²) >= 11 is 1.66. The fourth-order valence-electron chi connectivity index (χ4n) is 1.81. The van der Waals surface area contributed by atoms with Gasteiger partial charge in [-0.25, -0.2) is 8.42 Å². The Morgan fingerprint density at radius 3 is 2.53 bits per heavy atom. The van der Waals surface area contributed by atoms with E-state index in [1.54, 1.807) is 11.8 Å². The molecule has 0 atom stereocenters. The first-order valence-electron chi connectivity index (χ1n) is 5.55. The molecule has 1 fully saturated rings. The largest absolute Gasteiger partial charge is 0.399 e. The molecule has 0 bridgehead atoms. The van der Waals surface area contributed by atoms with Gasteiger partial charge in [0.15, 0.2) is 4.90 Å². The molecule has 1 heterocycles. The minimum absolute atomic E-state index is 0.190. The Balaban J connectivity index is 2.49. The molecule has 1 aromatic rings. The lowest BCUT2D eigenvalue weighted by Crippen LogP contribution is -2.38. The van der Waals surface area contributed by atoms with E-state index in [-0.39, 0.29) is 10.6 Å². The van der Waals surface area contributed by atoms with Crippen LogP contribution < -0.4 is 5.73 Å². The van der Waals surface area contributed by atoms with Crippen molar-refractivity contribution >= 4 is 33.2 Å². The fourth-order valence-corrected chi connectivity index (χ4v) is 4.58. The van der Waals surface area contributed by atoms with Gasteiger partial charge in [0.25, 0.3) is 5.69 Å². The van der Waals surface area contributed by atoms with E-state index >= 15 is 0 Å². The third kappa shape index (κ3) is 2.82. The zero-order valence-corrected chi connectivity index (χ0v) is 11.6. The zero-order valence-electron chi connectivity index (χ0n) is 9.98. The third-order valence-corrected chi connectivity index (χ3v) is 5.64. The molecule has 0 saturated carbocycles. The molecular weight excluding hydrogens is 290 g/mol. The summed E-state index contributed by atoms with van der Waals surface area (Å²) in [7, 11) is -3.86. The summed E-state index contributed by atoms with van der Waals surface area (Å²) in [6, 6.07) is 3.60. The third-order valence-electron chi connectivity index (χ3n) is 2.77. The predicted molar refractivity (Wildman–Crippen MR) is 73.6 cm³/mol. The first-order chi connectivity index (χ1) is 8.93. The average Bonchev–Trinajstić information content (AvgIpc) is 2.39. The van der Waals surface area contributed by atoms with Gasteiger partial charge in [0.2, 0.25) is 10.0 Å². The number of thioether (sulfide) groups is 1. The predicted octanol–water partition coefficient (Wildman–Crippen LogP) is 0.915. The second kappa shape index (κ2) is 5.35. The number of hydrogen-bond acceptors (Lipinski definition) is 6. The smallest absolute Gasteiger partial charge is 0.289 e. The van der Waals surface area contributed by atoms with Crippen LogP contribution in [0.1, 0.15) is 0 Å². The van der Waals surface area contributed by atoms with Gasteiger partial charge in [0, 0.05) is 36.3 Å². The Morgan fingerprint density at radius 2 is 1.95 bits per heavy atom. The van der Waals surface area contributed by atoms with Crippen LogP contribution in [0.5, 0.6) is 0 Å². The fraction of sp³-hybridized carbons (Fsp3) is 0.400. The van der Waals surface area contributed by atoms with Gasteiger partial charge in [0.1, 0.15) is 0 Å². The van der Waals surface area contributed by atoms with Crippen LogP contribution in [0.15, 0.2) is 23.1 Å². The molecular formula is C10H13N3O4S2. The second-order valence-electron chi connectivity index (χ2n) is 4.00. The minimum Gasteiger partial charge on any atom is -0.399 e. The highest BCUT2D eigenvalue weighted by Crippen LogP contribution is 2.29. The van der Waals surface area contributed by atoms with E-state index in [1.165, 1.54) is 10.4 Å². The Morgan fingerprint density at radius 1 is 1.32 bits per heavy atom. The van der Waals surface area contributed by atoms with Crippen molar-refractivity contribution in [2.24, 2.45) is 0 Å². The van der Waals surface area contributed by atoms with E-state index in [2.05, 4.69) is 0 Å². The van der Waals surface area contributed by atoms with E-state index in [0.717, 1.165) is 12.1 Å². The molecule has 1 aromatic carbocycles. The van der Waals surface area contributed by atoms with Gasteiger partial charge in [-0.05, 0) is 12.1 Å². The molecule has 104 valence electrons. The highest BCUT2D eigenvalue weighted by atomic mass is 32.2. The van der Waals surface area contributed by atoms with Crippen LogP contribution in [0, 0.1) is 10.1 Å². The normalized spacial score (nSPS) is 17.3. The summed E-state index contributed by atoms with van der Waals surface area (Å²) in [6.45, 7) is 0.720. The van der Waals surface area contributed by atoms with Crippen molar-refractivity contribution in [3.8, 4) is 0 Å². The highest BCUT2D eigenvalue weighted by molar-refractivity contribution is 7.99. The van der Waals surface area contributed by atoms with Gasteiger partial charge in [-0.1, -0.05) is 0 Å². The van der Waals surface area contributed by atoms with Crippen LogP contribution in [0.2, 0.25) is 0 Å². The summed E-state index contributed by atoms with van der Waals surface area (Å²) < 4.78 is 26.1. The first-order valence-corrected chi connectivity index (χ1v) is 8.14. The Kier molecular flexibility index (Phi) is 3.97. The van der Waals surface area contributed by atoms with Crippen molar-refractivity contribution in [1.82, 2.24) is 4.31 Å². The number of sulfonamides is 1. The minimum atomic E-state index is -3.86. The molecule has 0 aromatic heterocycles. The standard InChI is InChI=1S/C10H13N3O4S2/c11-8-1-2-9(13(14)15)10(7-8)19(16,17)12-3-5-18-6-4-12/h1-2,7H,3-6,11H2. The molecule has 0 spiro atoms. The SMILES string of the molecule is Nc1ccc([N+](=O)[O-])c(S(=O)(=O)N2CCSCC2)c1. The summed E-state index contributed by atoms with van der Waals surface area (Å²) in [4.78, 5) is 9.91. The van der Waals surface area contributed by atoms with E-state index in [1.807, 2.05) is 0 Å². The molecule has 1 aliphatic rings. The average molecular weight is 303 g/mol. The van der Waals surface area contributed by atoms with Crippen molar-refractivity contribution in [1.29, 1.82) is 0 Å². The topological polar surface area (TPSA) is 107 Å². The molecule has 0 amide bonds. The van der Waals surface area contributed by atoms with E-state index in [0.29, 0.717) is 24.6 Å². The number of nitrogens with two attached hydrogens (primary N) is 1. The van der Waals surface area contributed by atoms with Crippen molar-refractivity contribution in [3.05, 3.63) is 28.3 Å². The van der Waals surface area contributed by atoms with Crippen LogP contribution in [-0.2, 0) is 10.0 Å². The van der Waals surface area contributed by atoms with Crippen LogP contribution in [0.3, 0.4) is 0 Å². The summed E-state index contributed by atoms with van der Waals surface area (Å²) in [5.74, 6) is 1.38. The lowest BCUT2D eigenvalue weighted by Gasteiger charge is -2.25. The van der Waals surface area contributed by atoms with Gasteiger partial charge >= 0.3 is 0 Å². The van der Waals surface area contributed by atoms with Crippen LogP contribution in [-0.4, -0.2) is 42.2 Å². The maximum absolute atomic E-state index is 12.4. The molecule has 0 radical (unpaired) electrons. The van der Waals surface area contributed by atoms with Gasteiger partial charge in [-0.2, -0.15) is 16.1 Å². The Bertz CT molecular complexity index is 597. The van der Waals surface area contributed by atoms with Crippen LogP contribution >= 0.6 is 11.8 Å². The number of rotatable bonds is 3. The first kappa shape index (κ1) is 14.1. The van der Waals surface area contributed by atoms with E-state index < -0.39 is 20.6 Å². The van der Waals surface area contributed by atoms with Crippen LogP contribution in [0.25, 0.3) is 0 Å². The van der Waals surface area contributed by atoms with Gasteiger partial charge in [0.05, 0.1) is 4.92 Å².